The van der Waals surface area contributed by atoms with Gasteiger partial charge in [-0.2, -0.15) is 0 Å². The summed E-state index contributed by atoms with van der Waals surface area (Å²) in [4.78, 5) is 15.0. The van der Waals surface area contributed by atoms with Crippen LogP contribution in [0.25, 0.3) is 6.08 Å². The minimum atomic E-state index is -0.0493. The highest BCUT2D eigenvalue weighted by Gasteiger charge is 2.32. The number of carbonyl (C=O) groups excluding carboxylic acids is 1. The number of hydrogen-bond acceptors (Lipinski definition) is 5. The van der Waals surface area contributed by atoms with Gasteiger partial charge in [-0.25, -0.2) is 0 Å². The minimum absolute atomic E-state index is 0.0493. The first-order valence-corrected chi connectivity index (χ1v) is 11.4. The fourth-order valence-corrected chi connectivity index (χ4v) is 5.78. The molecule has 1 aliphatic carbocycles. The topological polar surface area (TPSA) is 33.5 Å². The van der Waals surface area contributed by atoms with Gasteiger partial charge in [0, 0.05) is 11.3 Å². The van der Waals surface area contributed by atoms with Crippen LogP contribution in [0.2, 0.25) is 0 Å². The van der Waals surface area contributed by atoms with Gasteiger partial charge in [0.15, 0.2) is 5.09 Å². The molecule has 6 heteroatoms. The molecule has 1 saturated carbocycles. The molecular formula is C21H21NO2S3. The fourth-order valence-electron chi connectivity index (χ4n) is 3.35. The van der Waals surface area contributed by atoms with Crippen molar-refractivity contribution < 1.29 is 9.21 Å². The van der Waals surface area contributed by atoms with Gasteiger partial charge < -0.3 is 4.42 Å². The number of hydrogen-bond donors (Lipinski definition) is 0. The Bertz CT molecular complexity index is 853. The summed E-state index contributed by atoms with van der Waals surface area (Å²) in [7, 11) is 0. The molecule has 140 valence electrons. The van der Waals surface area contributed by atoms with E-state index in [-0.39, 0.29) is 5.91 Å². The molecule has 2 heterocycles. The number of thioether (sulfide) groups is 2. The first kappa shape index (κ1) is 18.8. The van der Waals surface area contributed by atoms with Crippen molar-refractivity contribution in [1.82, 2.24) is 4.90 Å². The van der Waals surface area contributed by atoms with E-state index in [1.807, 2.05) is 60.3 Å². The summed E-state index contributed by atoms with van der Waals surface area (Å²) in [6.07, 6.45) is 8.32. The van der Waals surface area contributed by atoms with Crippen molar-refractivity contribution in [3.05, 3.63) is 58.7 Å². The molecule has 2 aliphatic rings. The van der Waals surface area contributed by atoms with E-state index < -0.39 is 0 Å². The molecule has 0 N–H and O–H groups in total. The predicted molar refractivity (Wildman–Crippen MR) is 117 cm³/mol. The van der Waals surface area contributed by atoms with Crippen LogP contribution in [0, 0.1) is 0 Å². The molecule has 1 aliphatic heterocycles. The van der Waals surface area contributed by atoms with Gasteiger partial charge in [-0.1, -0.05) is 85.3 Å². The molecule has 1 saturated heterocycles. The molecular weight excluding hydrogens is 394 g/mol. The Hall–Kier alpha value is -1.50. The van der Waals surface area contributed by atoms with E-state index in [0.29, 0.717) is 26.8 Å². The first-order valence-electron chi connectivity index (χ1n) is 9.25. The molecule has 1 amide bonds. The number of amides is 1. The maximum atomic E-state index is 12.8. The third-order valence-corrected chi connectivity index (χ3v) is 7.40. The minimum Gasteiger partial charge on any atom is -0.450 e. The summed E-state index contributed by atoms with van der Waals surface area (Å²) in [6.45, 7) is 0.504. The van der Waals surface area contributed by atoms with Crippen molar-refractivity contribution in [1.29, 1.82) is 0 Å². The standard InChI is InChI=1S/C21H21NO2S3/c23-20-18(27-21(25)22(20)14-15-7-3-1-4-8-15)13-16-11-12-19(24-16)26-17-9-5-2-6-10-17/h1,3-4,7-8,11-13,17H,2,5-6,9-10,14H2/b18-13-. The van der Waals surface area contributed by atoms with Gasteiger partial charge in [-0.15, -0.1) is 0 Å². The van der Waals surface area contributed by atoms with Crippen molar-refractivity contribution >= 4 is 52.0 Å². The third kappa shape index (κ3) is 4.68. The zero-order valence-corrected chi connectivity index (χ0v) is 17.4. The molecule has 3 nitrogen and oxygen atoms in total. The van der Waals surface area contributed by atoms with E-state index in [4.69, 9.17) is 16.6 Å². The Morgan fingerprint density at radius 3 is 2.70 bits per heavy atom. The average molecular weight is 416 g/mol. The van der Waals surface area contributed by atoms with Gasteiger partial charge in [0.2, 0.25) is 0 Å². The zero-order valence-electron chi connectivity index (χ0n) is 14.9. The van der Waals surface area contributed by atoms with Crippen LogP contribution in [-0.4, -0.2) is 20.4 Å². The van der Waals surface area contributed by atoms with Crippen molar-refractivity contribution in [2.24, 2.45) is 0 Å². The number of carbonyl (C=O) groups is 1. The second-order valence-corrected chi connectivity index (χ2v) is 9.77. The highest BCUT2D eigenvalue weighted by atomic mass is 32.2. The van der Waals surface area contributed by atoms with E-state index in [2.05, 4.69) is 0 Å². The Morgan fingerprint density at radius 1 is 1.15 bits per heavy atom. The molecule has 0 radical (unpaired) electrons. The van der Waals surface area contributed by atoms with Gasteiger partial charge in [0.25, 0.3) is 5.91 Å². The maximum Gasteiger partial charge on any atom is 0.266 e. The summed E-state index contributed by atoms with van der Waals surface area (Å²) >= 11 is 8.58. The highest BCUT2D eigenvalue weighted by molar-refractivity contribution is 8.26. The van der Waals surface area contributed by atoms with Crippen LogP contribution in [0.15, 0.2) is 56.9 Å². The van der Waals surface area contributed by atoms with E-state index >= 15 is 0 Å². The normalized spacial score (nSPS) is 20.0. The molecule has 2 fully saturated rings. The number of thiocarbonyl (C=S) groups is 1. The molecule has 0 atom stereocenters. The van der Waals surface area contributed by atoms with E-state index in [9.17, 15) is 4.79 Å². The van der Waals surface area contributed by atoms with Crippen LogP contribution < -0.4 is 0 Å². The Morgan fingerprint density at radius 2 is 1.93 bits per heavy atom. The van der Waals surface area contributed by atoms with Crippen LogP contribution in [0.4, 0.5) is 0 Å². The lowest BCUT2D eigenvalue weighted by Crippen LogP contribution is -2.27. The monoisotopic (exact) mass is 415 g/mol. The lowest BCUT2D eigenvalue weighted by molar-refractivity contribution is -0.122. The van der Waals surface area contributed by atoms with Gasteiger partial charge in [0.05, 0.1) is 11.4 Å². The zero-order chi connectivity index (χ0) is 18.6. The smallest absolute Gasteiger partial charge is 0.266 e. The number of nitrogens with zero attached hydrogens (tertiary/aromatic N) is 1. The van der Waals surface area contributed by atoms with E-state index in [1.165, 1.54) is 43.9 Å². The molecule has 4 rings (SSSR count). The van der Waals surface area contributed by atoms with Crippen LogP contribution >= 0.6 is 35.7 Å². The first-order chi connectivity index (χ1) is 13.2. The second kappa shape index (κ2) is 8.67. The Kier molecular flexibility index (Phi) is 6.05. The molecule has 27 heavy (non-hydrogen) atoms. The Balaban J connectivity index is 1.43. The average Bonchev–Trinajstić information content (AvgIpc) is 3.23. The highest BCUT2D eigenvalue weighted by Crippen LogP contribution is 2.37. The molecule has 1 aromatic carbocycles. The molecule has 0 spiro atoms. The van der Waals surface area contributed by atoms with Gasteiger partial charge in [0.1, 0.15) is 10.1 Å². The third-order valence-electron chi connectivity index (χ3n) is 4.77. The summed E-state index contributed by atoms with van der Waals surface area (Å²) in [5.41, 5.74) is 1.07. The second-order valence-electron chi connectivity index (χ2n) is 6.79. The van der Waals surface area contributed by atoms with Gasteiger partial charge in [-0.3, -0.25) is 9.69 Å². The SMILES string of the molecule is O=C1/C(=C/c2ccc(SC3CCCCC3)o2)SC(=S)N1Cc1ccccc1. The number of rotatable bonds is 5. The van der Waals surface area contributed by atoms with Crippen molar-refractivity contribution in [3.63, 3.8) is 0 Å². The van der Waals surface area contributed by atoms with E-state index in [0.717, 1.165) is 10.7 Å². The largest absolute Gasteiger partial charge is 0.450 e. The number of benzene rings is 1. The summed E-state index contributed by atoms with van der Waals surface area (Å²) < 4.78 is 6.54. The van der Waals surface area contributed by atoms with Crippen LogP contribution in [0.3, 0.4) is 0 Å². The lowest BCUT2D eigenvalue weighted by atomic mass is 10.0. The van der Waals surface area contributed by atoms with Crippen LogP contribution in [0.5, 0.6) is 0 Å². The van der Waals surface area contributed by atoms with Crippen LogP contribution in [-0.2, 0) is 11.3 Å². The van der Waals surface area contributed by atoms with E-state index in [1.54, 1.807) is 4.90 Å². The molecule has 1 aromatic heterocycles. The van der Waals surface area contributed by atoms with Crippen molar-refractivity contribution in [3.8, 4) is 0 Å². The predicted octanol–water partition coefficient (Wildman–Crippen LogP) is 6.11. The van der Waals surface area contributed by atoms with Crippen molar-refractivity contribution in [2.45, 2.75) is 49.0 Å². The summed E-state index contributed by atoms with van der Waals surface area (Å²) in [6, 6.07) is 13.9. The molecule has 0 unspecified atom stereocenters. The van der Waals surface area contributed by atoms with Gasteiger partial charge in [-0.05, 0) is 30.5 Å². The maximum absolute atomic E-state index is 12.8. The summed E-state index contributed by atoms with van der Waals surface area (Å²) in [5.74, 6) is 0.667. The van der Waals surface area contributed by atoms with Crippen LogP contribution in [0.1, 0.15) is 43.4 Å². The quantitative estimate of drug-likeness (QED) is 0.435. The molecule has 2 aromatic rings. The lowest BCUT2D eigenvalue weighted by Gasteiger charge is -2.19. The van der Waals surface area contributed by atoms with Gasteiger partial charge >= 0.3 is 0 Å². The Labute approximate surface area is 173 Å². The summed E-state index contributed by atoms with van der Waals surface area (Å²) in [5, 5.41) is 1.59. The number of furan rings is 1. The van der Waals surface area contributed by atoms with Crippen molar-refractivity contribution in [2.75, 3.05) is 0 Å². The fraction of sp³-hybridized carbons (Fsp3) is 0.333. The molecule has 0 bridgehead atoms.